The van der Waals surface area contributed by atoms with Crippen LogP contribution in [0, 0.1) is 0 Å². The number of aliphatic hydroxyl groups excluding tert-OH is 1. The lowest BCUT2D eigenvalue weighted by atomic mass is 10.2. The summed E-state index contributed by atoms with van der Waals surface area (Å²) in [6.45, 7) is 0.956. The minimum atomic E-state index is -4.97. The van der Waals surface area contributed by atoms with Crippen molar-refractivity contribution in [3.05, 3.63) is 84.3 Å². The molecule has 180 valence electrons. The van der Waals surface area contributed by atoms with Crippen LogP contribution >= 0.6 is 0 Å². The Morgan fingerprint density at radius 2 is 1.86 bits per heavy atom. The van der Waals surface area contributed by atoms with Crippen molar-refractivity contribution in [1.82, 2.24) is 14.5 Å². The van der Waals surface area contributed by atoms with Gasteiger partial charge in [-0.15, -0.1) is 13.2 Å². The van der Waals surface area contributed by atoms with E-state index < -0.39 is 18.5 Å². The number of hydrogen-bond acceptors (Lipinski definition) is 6. The van der Waals surface area contributed by atoms with E-state index >= 15 is 0 Å². The van der Waals surface area contributed by atoms with Gasteiger partial charge in [0.15, 0.2) is 6.23 Å². The first-order valence-corrected chi connectivity index (χ1v) is 10.7. The van der Waals surface area contributed by atoms with Crippen LogP contribution in [-0.4, -0.2) is 51.1 Å². The molecule has 35 heavy (non-hydrogen) atoms. The average molecular weight is 483 g/mol. The molecule has 0 bridgehead atoms. The smallest absolute Gasteiger partial charge is 0.389 e. The standard InChI is InChI=1S/C24H20F3N5O3/c25-24(26,27)35-23(15-5-2-1-3-6-15)32-19(11-16-7-4-10-28-21(16)32)22(34)30-17-8-9-20(29-12-17)31-13-18(33)14-31/h1-12,18,23,33H,13-14H2,(H,30,34). The Balaban J connectivity index is 1.51. The molecule has 3 aromatic heterocycles. The Labute approximate surface area is 197 Å². The van der Waals surface area contributed by atoms with Gasteiger partial charge in [-0.05, 0) is 30.3 Å². The molecule has 5 rings (SSSR count). The number of halogens is 3. The van der Waals surface area contributed by atoms with Crippen molar-refractivity contribution in [2.24, 2.45) is 0 Å². The maximum absolute atomic E-state index is 13.4. The number of ether oxygens (including phenoxy) is 1. The predicted molar refractivity (Wildman–Crippen MR) is 122 cm³/mol. The van der Waals surface area contributed by atoms with Crippen LogP contribution in [0.5, 0.6) is 0 Å². The second kappa shape index (κ2) is 9.01. The van der Waals surface area contributed by atoms with Crippen molar-refractivity contribution in [3.63, 3.8) is 0 Å². The minimum Gasteiger partial charge on any atom is -0.389 e. The highest BCUT2D eigenvalue weighted by Crippen LogP contribution is 2.34. The van der Waals surface area contributed by atoms with Gasteiger partial charge in [0.05, 0.1) is 18.0 Å². The molecule has 1 fully saturated rings. The van der Waals surface area contributed by atoms with Crippen molar-refractivity contribution in [1.29, 1.82) is 0 Å². The normalized spacial score (nSPS) is 15.1. The molecular formula is C24H20F3N5O3. The van der Waals surface area contributed by atoms with Crippen molar-refractivity contribution >= 4 is 28.4 Å². The summed E-state index contributed by atoms with van der Waals surface area (Å²) in [5, 5.41) is 12.6. The third kappa shape index (κ3) is 4.81. The summed E-state index contributed by atoms with van der Waals surface area (Å²) < 4.78 is 45.9. The Hall–Kier alpha value is -3.96. The van der Waals surface area contributed by atoms with Crippen molar-refractivity contribution < 1.29 is 27.8 Å². The van der Waals surface area contributed by atoms with Gasteiger partial charge in [0.1, 0.15) is 17.2 Å². The van der Waals surface area contributed by atoms with E-state index in [1.54, 1.807) is 42.5 Å². The Kier molecular flexibility index (Phi) is 5.87. The first kappa shape index (κ1) is 22.8. The number of rotatable bonds is 6. The van der Waals surface area contributed by atoms with Gasteiger partial charge < -0.3 is 15.3 Å². The number of nitrogens with zero attached hydrogens (tertiary/aromatic N) is 4. The predicted octanol–water partition coefficient (Wildman–Crippen LogP) is 3.95. The second-order valence-electron chi connectivity index (χ2n) is 8.06. The first-order chi connectivity index (χ1) is 16.8. The summed E-state index contributed by atoms with van der Waals surface area (Å²) >= 11 is 0. The quantitative estimate of drug-likeness (QED) is 0.432. The van der Waals surface area contributed by atoms with E-state index in [1.165, 1.54) is 30.6 Å². The number of nitrogens with one attached hydrogen (secondary N) is 1. The van der Waals surface area contributed by atoms with Crippen LogP contribution in [0.15, 0.2) is 73.1 Å². The average Bonchev–Trinajstić information content (AvgIpc) is 3.21. The molecule has 11 heteroatoms. The minimum absolute atomic E-state index is 0.0632. The zero-order valence-electron chi connectivity index (χ0n) is 18.2. The summed E-state index contributed by atoms with van der Waals surface area (Å²) in [6, 6.07) is 15.9. The topological polar surface area (TPSA) is 92.5 Å². The summed E-state index contributed by atoms with van der Waals surface area (Å²) in [4.78, 5) is 23.6. The first-order valence-electron chi connectivity index (χ1n) is 10.7. The van der Waals surface area contributed by atoms with E-state index in [2.05, 4.69) is 20.0 Å². The number of anilines is 2. The fourth-order valence-corrected chi connectivity index (χ4v) is 3.97. The number of fused-ring (bicyclic) bond motifs is 1. The molecule has 2 N–H and O–H groups in total. The van der Waals surface area contributed by atoms with Crippen molar-refractivity contribution in [2.45, 2.75) is 18.7 Å². The molecule has 0 radical (unpaired) electrons. The monoisotopic (exact) mass is 483 g/mol. The number of pyridine rings is 2. The summed E-state index contributed by atoms with van der Waals surface area (Å²) in [5.41, 5.74) is 0.662. The van der Waals surface area contributed by atoms with Gasteiger partial charge in [0.2, 0.25) is 0 Å². The lowest BCUT2D eigenvalue weighted by molar-refractivity contribution is -0.348. The molecule has 0 aliphatic carbocycles. The molecular weight excluding hydrogens is 463 g/mol. The number of carbonyl (C=O) groups excluding carboxylic acids is 1. The van der Waals surface area contributed by atoms with E-state index in [-0.39, 0.29) is 23.0 Å². The molecule has 4 aromatic rings. The molecule has 0 spiro atoms. The summed E-state index contributed by atoms with van der Waals surface area (Å²) in [5.74, 6) is -0.00189. The Morgan fingerprint density at radius 1 is 1.09 bits per heavy atom. The third-order valence-electron chi connectivity index (χ3n) is 5.59. The second-order valence-corrected chi connectivity index (χ2v) is 8.06. The summed E-state index contributed by atoms with van der Waals surface area (Å²) in [7, 11) is 0. The van der Waals surface area contributed by atoms with Gasteiger partial charge in [0.25, 0.3) is 5.91 Å². The molecule has 1 aliphatic heterocycles. The van der Waals surface area contributed by atoms with Gasteiger partial charge in [0, 0.05) is 30.2 Å². The van der Waals surface area contributed by atoms with Crippen LogP contribution in [-0.2, 0) is 4.74 Å². The SMILES string of the molecule is O=C(Nc1ccc(N2CC(O)C2)nc1)c1cc2cccnc2n1C(OC(F)(F)F)c1ccccc1. The zero-order chi connectivity index (χ0) is 24.6. The maximum Gasteiger partial charge on any atom is 0.524 e. The van der Waals surface area contributed by atoms with Crippen LogP contribution in [0.2, 0.25) is 0 Å². The molecule has 1 unspecified atom stereocenters. The third-order valence-corrected chi connectivity index (χ3v) is 5.59. The number of benzene rings is 1. The van der Waals surface area contributed by atoms with Crippen LogP contribution < -0.4 is 10.2 Å². The largest absolute Gasteiger partial charge is 0.524 e. The molecule has 1 saturated heterocycles. The molecule has 4 heterocycles. The number of β-amino-alcohol motifs (C(OH)–C–C–N with tert-alkyl or cyclic N) is 1. The van der Waals surface area contributed by atoms with E-state index in [9.17, 15) is 23.1 Å². The number of hydrogen-bond donors (Lipinski definition) is 2. The highest BCUT2D eigenvalue weighted by atomic mass is 19.4. The van der Waals surface area contributed by atoms with Gasteiger partial charge in [-0.1, -0.05) is 30.3 Å². The maximum atomic E-state index is 13.4. The highest BCUT2D eigenvalue weighted by Gasteiger charge is 2.37. The number of aromatic nitrogens is 3. The zero-order valence-corrected chi connectivity index (χ0v) is 18.2. The lowest BCUT2D eigenvalue weighted by Crippen LogP contribution is -2.51. The number of amides is 1. The molecule has 8 nitrogen and oxygen atoms in total. The number of aliphatic hydroxyl groups is 1. The van der Waals surface area contributed by atoms with Gasteiger partial charge in [-0.2, -0.15) is 0 Å². The Morgan fingerprint density at radius 3 is 2.51 bits per heavy atom. The van der Waals surface area contributed by atoms with Gasteiger partial charge >= 0.3 is 6.36 Å². The van der Waals surface area contributed by atoms with E-state index in [0.29, 0.717) is 30.0 Å². The highest BCUT2D eigenvalue weighted by molar-refractivity contribution is 6.06. The molecule has 1 amide bonds. The fourth-order valence-electron chi connectivity index (χ4n) is 3.97. The Bertz CT molecular complexity index is 1340. The van der Waals surface area contributed by atoms with Crippen molar-refractivity contribution in [2.75, 3.05) is 23.3 Å². The van der Waals surface area contributed by atoms with Crippen molar-refractivity contribution in [3.8, 4) is 0 Å². The van der Waals surface area contributed by atoms with E-state index in [0.717, 1.165) is 4.57 Å². The van der Waals surface area contributed by atoms with E-state index in [4.69, 9.17) is 0 Å². The van der Waals surface area contributed by atoms with Crippen LogP contribution in [0.3, 0.4) is 0 Å². The van der Waals surface area contributed by atoms with E-state index in [1.807, 2.05) is 4.90 Å². The van der Waals surface area contributed by atoms with Gasteiger partial charge in [-0.25, -0.2) is 9.97 Å². The molecule has 1 aromatic carbocycles. The molecule has 0 saturated carbocycles. The fraction of sp³-hybridized carbons (Fsp3) is 0.208. The number of carbonyl (C=O) groups is 1. The van der Waals surface area contributed by atoms with Crippen LogP contribution in [0.25, 0.3) is 11.0 Å². The van der Waals surface area contributed by atoms with Crippen LogP contribution in [0.1, 0.15) is 22.3 Å². The molecule has 1 aliphatic rings. The number of alkyl halides is 3. The molecule has 1 atom stereocenters. The lowest BCUT2D eigenvalue weighted by Gasteiger charge is -2.36. The summed E-state index contributed by atoms with van der Waals surface area (Å²) in [6.07, 6.45) is -4.15. The van der Waals surface area contributed by atoms with Gasteiger partial charge in [-0.3, -0.25) is 14.1 Å². The van der Waals surface area contributed by atoms with Crippen LogP contribution in [0.4, 0.5) is 24.7 Å².